The lowest BCUT2D eigenvalue weighted by Gasteiger charge is -2.33. The van der Waals surface area contributed by atoms with Crippen LogP contribution in [0.2, 0.25) is 10.0 Å². The van der Waals surface area contributed by atoms with Gasteiger partial charge in [-0.2, -0.15) is 0 Å². The van der Waals surface area contributed by atoms with Crippen molar-refractivity contribution in [2.75, 3.05) is 26.2 Å². The molecule has 1 aromatic carbocycles. The predicted octanol–water partition coefficient (Wildman–Crippen LogP) is 1.91. The fourth-order valence-corrected chi connectivity index (χ4v) is 4.66. The highest BCUT2D eigenvalue weighted by Crippen LogP contribution is 2.28. The quantitative estimate of drug-likeness (QED) is 0.621. The lowest BCUT2D eigenvalue weighted by atomic mass is 10.1. The van der Waals surface area contributed by atoms with Crippen LogP contribution in [0.1, 0.15) is 12.8 Å². The SMILES string of the molecule is Cn1ccnc1S(=O)(=O)NC[C@@H](O)CN1CCC(Oc2ccc(Cl)c(Cl)c2)CC1. The van der Waals surface area contributed by atoms with Crippen molar-refractivity contribution in [3.8, 4) is 5.75 Å². The van der Waals surface area contributed by atoms with Crippen LogP contribution in [0.3, 0.4) is 0 Å². The highest BCUT2D eigenvalue weighted by atomic mass is 35.5. The first-order valence-corrected chi connectivity index (χ1v) is 11.5. The maximum atomic E-state index is 12.2. The number of aliphatic hydroxyl groups excluding tert-OH is 1. The summed E-state index contributed by atoms with van der Waals surface area (Å²) in [5, 5.41) is 11.1. The van der Waals surface area contributed by atoms with E-state index in [-0.39, 0.29) is 17.8 Å². The van der Waals surface area contributed by atoms with Crippen LogP contribution in [-0.2, 0) is 17.1 Å². The maximum Gasteiger partial charge on any atom is 0.274 e. The number of aromatic nitrogens is 2. The average Bonchev–Trinajstić information content (AvgIpc) is 3.12. The lowest BCUT2D eigenvalue weighted by Crippen LogP contribution is -2.45. The maximum absolute atomic E-state index is 12.2. The summed E-state index contributed by atoms with van der Waals surface area (Å²) in [6.07, 6.45) is 3.79. The molecule has 1 aliphatic rings. The number of aryl methyl sites for hydroxylation is 1. The van der Waals surface area contributed by atoms with Crippen molar-refractivity contribution in [1.82, 2.24) is 19.2 Å². The van der Waals surface area contributed by atoms with Gasteiger partial charge in [-0.3, -0.25) is 0 Å². The number of hydrogen-bond acceptors (Lipinski definition) is 6. The van der Waals surface area contributed by atoms with Crippen LogP contribution in [0.5, 0.6) is 5.75 Å². The van der Waals surface area contributed by atoms with E-state index in [0.29, 0.717) is 22.3 Å². The van der Waals surface area contributed by atoms with Crippen molar-refractivity contribution in [1.29, 1.82) is 0 Å². The van der Waals surface area contributed by atoms with Crippen molar-refractivity contribution in [3.63, 3.8) is 0 Å². The van der Waals surface area contributed by atoms with Gasteiger partial charge >= 0.3 is 0 Å². The van der Waals surface area contributed by atoms with Gasteiger partial charge in [-0.1, -0.05) is 23.2 Å². The van der Waals surface area contributed by atoms with Crippen LogP contribution in [0, 0.1) is 0 Å². The van der Waals surface area contributed by atoms with E-state index in [4.69, 9.17) is 27.9 Å². The smallest absolute Gasteiger partial charge is 0.274 e. The minimum Gasteiger partial charge on any atom is -0.490 e. The van der Waals surface area contributed by atoms with Crippen LogP contribution in [0.4, 0.5) is 0 Å². The summed E-state index contributed by atoms with van der Waals surface area (Å²) in [4.78, 5) is 5.92. The topological polar surface area (TPSA) is 96.7 Å². The van der Waals surface area contributed by atoms with Gasteiger partial charge in [0.25, 0.3) is 10.0 Å². The first kappa shape index (κ1) is 22.3. The molecule has 1 fully saturated rings. The summed E-state index contributed by atoms with van der Waals surface area (Å²) in [6, 6.07) is 5.20. The van der Waals surface area contributed by atoms with Crippen LogP contribution in [0.25, 0.3) is 0 Å². The Kier molecular flexibility index (Phi) is 7.42. The molecule has 1 saturated heterocycles. The fraction of sp³-hybridized carbons (Fsp3) is 0.500. The van der Waals surface area contributed by atoms with E-state index in [1.165, 1.54) is 10.8 Å². The third-order valence-corrected chi connectivity index (χ3v) is 6.88. The number of halogens is 2. The number of aliphatic hydroxyl groups is 1. The average molecular weight is 463 g/mol. The van der Waals surface area contributed by atoms with Crippen molar-refractivity contribution >= 4 is 33.2 Å². The molecule has 0 saturated carbocycles. The number of β-amino-alcohol motifs (C(OH)–C–C–N with tert-alkyl or cyclic N) is 1. The van der Waals surface area contributed by atoms with E-state index in [1.807, 2.05) is 0 Å². The number of sulfonamides is 1. The number of imidazole rings is 1. The Morgan fingerprint density at radius 2 is 2.03 bits per heavy atom. The molecule has 2 N–H and O–H groups in total. The molecule has 160 valence electrons. The predicted molar refractivity (Wildman–Crippen MR) is 111 cm³/mol. The Bertz CT molecular complexity index is 930. The number of likely N-dealkylation sites (tertiary alicyclic amines) is 1. The van der Waals surface area contributed by atoms with Crippen molar-refractivity contribution in [2.45, 2.75) is 30.2 Å². The number of hydrogen-bond donors (Lipinski definition) is 2. The number of nitrogens with zero attached hydrogens (tertiary/aromatic N) is 3. The normalized spacial score (nSPS) is 17.4. The Morgan fingerprint density at radius 3 is 2.66 bits per heavy atom. The largest absolute Gasteiger partial charge is 0.490 e. The van der Waals surface area contributed by atoms with Crippen LogP contribution in [-0.4, -0.2) is 66.4 Å². The highest BCUT2D eigenvalue weighted by molar-refractivity contribution is 7.89. The number of piperidine rings is 1. The summed E-state index contributed by atoms with van der Waals surface area (Å²) in [5.41, 5.74) is 0. The van der Waals surface area contributed by atoms with E-state index in [1.54, 1.807) is 31.4 Å². The Labute approximate surface area is 180 Å². The molecular formula is C18H24Cl2N4O4S. The van der Waals surface area contributed by atoms with Gasteiger partial charge in [-0.25, -0.2) is 18.1 Å². The second-order valence-electron chi connectivity index (χ2n) is 7.02. The molecule has 0 spiro atoms. The number of rotatable bonds is 8. The minimum atomic E-state index is -3.75. The summed E-state index contributed by atoms with van der Waals surface area (Å²) < 4.78 is 34.2. The number of benzene rings is 1. The van der Waals surface area contributed by atoms with E-state index in [9.17, 15) is 13.5 Å². The zero-order valence-electron chi connectivity index (χ0n) is 16.0. The van der Waals surface area contributed by atoms with Crippen molar-refractivity contribution in [2.24, 2.45) is 7.05 Å². The van der Waals surface area contributed by atoms with Gasteiger partial charge < -0.3 is 19.3 Å². The van der Waals surface area contributed by atoms with Gasteiger partial charge in [0.15, 0.2) is 0 Å². The number of ether oxygens (including phenoxy) is 1. The second kappa shape index (κ2) is 9.63. The molecule has 2 heterocycles. The summed E-state index contributed by atoms with van der Waals surface area (Å²) >= 11 is 11.9. The molecule has 1 aliphatic heterocycles. The Morgan fingerprint density at radius 1 is 1.31 bits per heavy atom. The first-order valence-electron chi connectivity index (χ1n) is 9.23. The van der Waals surface area contributed by atoms with Gasteiger partial charge in [0.2, 0.25) is 5.16 Å². The molecule has 0 unspecified atom stereocenters. The van der Waals surface area contributed by atoms with E-state index < -0.39 is 16.1 Å². The van der Waals surface area contributed by atoms with E-state index >= 15 is 0 Å². The highest BCUT2D eigenvalue weighted by Gasteiger charge is 2.24. The number of nitrogens with one attached hydrogen (secondary N) is 1. The molecule has 0 amide bonds. The van der Waals surface area contributed by atoms with Gasteiger partial charge in [0, 0.05) is 51.7 Å². The standard InChI is InChI=1S/C18H24Cl2N4O4S/c1-23-9-6-21-18(23)29(26,27)22-11-13(25)12-24-7-4-14(5-8-24)28-15-2-3-16(19)17(20)10-15/h2-3,6,9-10,13-14,22,25H,4-5,7-8,11-12H2,1H3/t13-/m1/s1. The fourth-order valence-electron chi connectivity index (χ4n) is 3.20. The van der Waals surface area contributed by atoms with Crippen molar-refractivity contribution < 1.29 is 18.3 Å². The molecule has 0 aliphatic carbocycles. The minimum absolute atomic E-state index is 0.0579. The van der Waals surface area contributed by atoms with Crippen LogP contribution >= 0.6 is 23.2 Å². The zero-order valence-corrected chi connectivity index (χ0v) is 18.3. The molecule has 8 nitrogen and oxygen atoms in total. The van der Waals surface area contributed by atoms with E-state index in [0.717, 1.165) is 25.9 Å². The molecule has 29 heavy (non-hydrogen) atoms. The Hall–Kier alpha value is -1.36. The molecule has 1 atom stereocenters. The molecule has 1 aromatic heterocycles. The van der Waals surface area contributed by atoms with Gasteiger partial charge in [-0.05, 0) is 25.0 Å². The van der Waals surface area contributed by atoms with Crippen LogP contribution < -0.4 is 9.46 Å². The lowest BCUT2D eigenvalue weighted by molar-refractivity contribution is 0.0629. The summed E-state index contributed by atoms with van der Waals surface area (Å²) in [7, 11) is -2.15. The third-order valence-electron chi connectivity index (χ3n) is 4.72. The third kappa shape index (κ3) is 6.07. The van der Waals surface area contributed by atoms with Gasteiger partial charge in [0.05, 0.1) is 16.1 Å². The molecule has 0 radical (unpaired) electrons. The molecule has 11 heteroatoms. The molecule has 3 rings (SSSR count). The van der Waals surface area contributed by atoms with Gasteiger partial charge in [-0.15, -0.1) is 0 Å². The van der Waals surface area contributed by atoms with Crippen molar-refractivity contribution in [3.05, 3.63) is 40.6 Å². The molecule has 0 bridgehead atoms. The second-order valence-corrected chi connectivity index (χ2v) is 9.50. The Balaban J connectivity index is 1.42. The van der Waals surface area contributed by atoms with E-state index in [2.05, 4.69) is 14.6 Å². The first-order chi connectivity index (χ1) is 13.7. The molecular weight excluding hydrogens is 439 g/mol. The zero-order chi connectivity index (χ0) is 21.0. The monoisotopic (exact) mass is 462 g/mol. The summed E-state index contributed by atoms with van der Waals surface area (Å²) in [6.45, 7) is 1.79. The summed E-state index contributed by atoms with van der Waals surface area (Å²) in [5.74, 6) is 0.682. The van der Waals surface area contributed by atoms with Gasteiger partial charge in [0.1, 0.15) is 11.9 Å². The van der Waals surface area contributed by atoms with Crippen LogP contribution in [0.15, 0.2) is 35.7 Å². The molecule has 2 aromatic rings.